The Balaban J connectivity index is 1.58. The molecule has 2 unspecified atom stereocenters. The molecular weight excluding hydrogens is 411 g/mol. The van der Waals surface area contributed by atoms with Crippen molar-refractivity contribution >= 4 is 23.3 Å². The van der Waals surface area contributed by atoms with Crippen molar-refractivity contribution < 1.29 is 13.9 Å². The second-order valence-corrected chi connectivity index (χ2v) is 7.68. The third-order valence-corrected chi connectivity index (χ3v) is 5.46. The average Bonchev–Trinajstić information content (AvgIpc) is 3.16. The number of morpholine rings is 1. The monoisotopic (exact) mass is 432 g/mol. The van der Waals surface area contributed by atoms with Crippen molar-refractivity contribution in [2.24, 2.45) is 0 Å². The maximum atomic E-state index is 14.7. The molecule has 1 aliphatic rings. The molecule has 8 nitrogen and oxygen atoms in total. The van der Waals surface area contributed by atoms with Crippen molar-refractivity contribution in [1.29, 1.82) is 0 Å². The lowest BCUT2D eigenvalue weighted by atomic mass is 10.0. The number of amides is 1. The summed E-state index contributed by atoms with van der Waals surface area (Å²) in [5.41, 5.74) is 1.17. The van der Waals surface area contributed by atoms with Gasteiger partial charge in [0.15, 0.2) is 0 Å². The number of hydrogen-bond acceptors (Lipinski definition) is 6. The average molecular weight is 433 g/mol. The van der Waals surface area contributed by atoms with Crippen molar-refractivity contribution in [1.82, 2.24) is 29.8 Å². The van der Waals surface area contributed by atoms with Gasteiger partial charge in [0.1, 0.15) is 5.82 Å². The highest BCUT2D eigenvalue weighted by Gasteiger charge is 2.30. The van der Waals surface area contributed by atoms with Crippen LogP contribution in [-0.4, -0.2) is 62.7 Å². The predicted molar refractivity (Wildman–Crippen MR) is 109 cm³/mol. The number of nitrogens with zero attached hydrogens (tertiary/aromatic N) is 5. The van der Waals surface area contributed by atoms with E-state index in [1.807, 2.05) is 13.8 Å². The molecule has 1 fully saturated rings. The standard InChI is InChI=1S/C20H22ClFN6O2/c1-12-6-7-23-20-25-18(26-28(12)20)19(29)24-10-16(27-8-9-30-13(2)11-27)17-14(21)4-3-5-15(17)22/h3-7,13,16H,8-11H2,1-2H3,(H,24,29). The van der Waals surface area contributed by atoms with Crippen molar-refractivity contribution in [3.63, 3.8) is 0 Å². The number of rotatable bonds is 5. The highest BCUT2D eigenvalue weighted by atomic mass is 35.5. The summed E-state index contributed by atoms with van der Waals surface area (Å²) in [5, 5.41) is 7.37. The summed E-state index contributed by atoms with van der Waals surface area (Å²) < 4.78 is 21.8. The zero-order valence-electron chi connectivity index (χ0n) is 16.7. The van der Waals surface area contributed by atoms with Crippen LogP contribution >= 0.6 is 11.6 Å². The smallest absolute Gasteiger partial charge is 0.291 e. The van der Waals surface area contributed by atoms with Crippen LogP contribution in [0.4, 0.5) is 4.39 Å². The SMILES string of the molecule is Cc1ccnc2nc(C(=O)NCC(c3c(F)cccc3Cl)N3CCOC(C)C3)nn12. The summed E-state index contributed by atoms with van der Waals surface area (Å²) in [6, 6.07) is 5.91. The molecule has 2 aromatic heterocycles. The van der Waals surface area contributed by atoms with Crippen LogP contribution in [0.2, 0.25) is 5.02 Å². The van der Waals surface area contributed by atoms with E-state index in [-0.39, 0.29) is 18.5 Å². The van der Waals surface area contributed by atoms with Gasteiger partial charge in [-0.1, -0.05) is 17.7 Å². The topological polar surface area (TPSA) is 84.7 Å². The molecule has 2 atom stereocenters. The largest absolute Gasteiger partial charge is 0.376 e. The lowest BCUT2D eigenvalue weighted by Gasteiger charge is -2.38. The van der Waals surface area contributed by atoms with Crippen LogP contribution in [-0.2, 0) is 4.74 Å². The van der Waals surface area contributed by atoms with Gasteiger partial charge in [0, 0.05) is 42.1 Å². The molecule has 0 saturated carbocycles. The molecule has 1 aliphatic heterocycles. The van der Waals surface area contributed by atoms with Gasteiger partial charge in [0.05, 0.1) is 18.8 Å². The van der Waals surface area contributed by atoms with Crippen LogP contribution in [0.3, 0.4) is 0 Å². The Hall–Kier alpha value is -2.62. The first-order valence-corrected chi connectivity index (χ1v) is 10.1. The number of benzene rings is 1. The van der Waals surface area contributed by atoms with Gasteiger partial charge in [0.2, 0.25) is 5.82 Å². The van der Waals surface area contributed by atoms with Crippen LogP contribution in [0.25, 0.3) is 5.78 Å². The quantitative estimate of drug-likeness (QED) is 0.666. The molecule has 0 spiro atoms. The van der Waals surface area contributed by atoms with Gasteiger partial charge in [-0.3, -0.25) is 9.69 Å². The Kier molecular flexibility index (Phi) is 5.94. The van der Waals surface area contributed by atoms with Gasteiger partial charge in [-0.15, -0.1) is 5.10 Å². The molecule has 0 bridgehead atoms. The Labute approximate surface area is 178 Å². The third-order valence-electron chi connectivity index (χ3n) is 5.14. The molecule has 0 radical (unpaired) electrons. The first-order valence-electron chi connectivity index (χ1n) is 9.70. The fourth-order valence-electron chi connectivity index (χ4n) is 3.64. The number of aromatic nitrogens is 4. The first-order chi connectivity index (χ1) is 14.4. The van der Waals surface area contributed by atoms with Crippen LogP contribution in [0, 0.1) is 12.7 Å². The second-order valence-electron chi connectivity index (χ2n) is 7.27. The van der Waals surface area contributed by atoms with Crippen LogP contribution in [0.1, 0.15) is 34.8 Å². The normalized spacial score (nSPS) is 18.5. The van der Waals surface area contributed by atoms with Gasteiger partial charge in [-0.05, 0) is 32.0 Å². The molecule has 3 heterocycles. The molecule has 1 saturated heterocycles. The molecule has 3 aromatic rings. The van der Waals surface area contributed by atoms with E-state index < -0.39 is 17.8 Å². The van der Waals surface area contributed by atoms with E-state index in [0.29, 0.717) is 36.1 Å². The number of aryl methyl sites for hydroxylation is 1. The molecule has 10 heteroatoms. The molecule has 1 N–H and O–H groups in total. The van der Waals surface area contributed by atoms with Crippen molar-refractivity contribution in [3.05, 3.63) is 58.4 Å². The van der Waals surface area contributed by atoms with Crippen LogP contribution in [0.5, 0.6) is 0 Å². The van der Waals surface area contributed by atoms with E-state index in [4.69, 9.17) is 16.3 Å². The lowest BCUT2D eigenvalue weighted by Crippen LogP contribution is -2.47. The summed E-state index contributed by atoms with van der Waals surface area (Å²) in [6.45, 7) is 5.68. The summed E-state index contributed by atoms with van der Waals surface area (Å²) >= 11 is 6.34. The summed E-state index contributed by atoms with van der Waals surface area (Å²) in [6.07, 6.45) is 1.60. The Morgan fingerprint density at radius 2 is 2.27 bits per heavy atom. The molecule has 158 valence electrons. The van der Waals surface area contributed by atoms with Gasteiger partial charge < -0.3 is 10.1 Å². The number of halogens is 2. The number of carbonyl (C=O) groups excluding carboxylic acids is 1. The van der Waals surface area contributed by atoms with Gasteiger partial charge in [-0.2, -0.15) is 4.98 Å². The second kappa shape index (κ2) is 8.63. The van der Waals surface area contributed by atoms with Crippen LogP contribution in [0.15, 0.2) is 30.5 Å². The van der Waals surface area contributed by atoms with E-state index >= 15 is 0 Å². The minimum absolute atomic E-state index is 0.00310. The summed E-state index contributed by atoms with van der Waals surface area (Å²) in [5.74, 6) is -0.522. The van der Waals surface area contributed by atoms with E-state index in [2.05, 4.69) is 25.3 Å². The molecule has 30 heavy (non-hydrogen) atoms. The van der Waals surface area contributed by atoms with Gasteiger partial charge >= 0.3 is 0 Å². The lowest BCUT2D eigenvalue weighted by molar-refractivity contribution is -0.0346. The van der Waals surface area contributed by atoms with Crippen molar-refractivity contribution in [2.45, 2.75) is 26.0 Å². The highest BCUT2D eigenvalue weighted by Crippen LogP contribution is 2.31. The number of nitrogens with one attached hydrogen (secondary N) is 1. The number of ether oxygens (including phenoxy) is 1. The fraction of sp³-hybridized carbons (Fsp3) is 0.400. The molecule has 4 rings (SSSR count). The minimum atomic E-state index is -0.460. The zero-order chi connectivity index (χ0) is 21.3. The predicted octanol–water partition coefficient (Wildman–Crippen LogP) is 2.42. The number of hydrogen-bond donors (Lipinski definition) is 1. The van der Waals surface area contributed by atoms with E-state index in [0.717, 1.165) is 5.69 Å². The Morgan fingerprint density at radius 1 is 1.43 bits per heavy atom. The Morgan fingerprint density at radius 3 is 3.00 bits per heavy atom. The zero-order valence-corrected chi connectivity index (χ0v) is 17.4. The molecule has 1 amide bonds. The maximum absolute atomic E-state index is 14.7. The van der Waals surface area contributed by atoms with E-state index in [1.54, 1.807) is 24.4 Å². The van der Waals surface area contributed by atoms with Crippen LogP contribution < -0.4 is 5.32 Å². The summed E-state index contributed by atoms with van der Waals surface area (Å²) in [4.78, 5) is 23.1. The van der Waals surface area contributed by atoms with Gasteiger partial charge in [-0.25, -0.2) is 13.9 Å². The number of fused-ring (bicyclic) bond motifs is 1. The van der Waals surface area contributed by atoms with Crippen molar-refractivity contribution in [2.75, 3.05) is 26.2 Å². The number of carbonyl (C=O) groups is 1. The third kappa shape index (κ3) is 4.14. The summed E-state index contributed by atoms with van der Waals surface area (Å²) in [7, 11) is 0. The highest BCUT2D eigenvalue weighted by molar-refractivity contribution is 6.31. The van der Waals surface area contributed by atoms with E-state index in [9.17, 15) is 9.18 Å². The fourth-order valence-corrected chi connectivity index (χ4v) is 3.93. The first kappa shape index (κ1) is 20.6. The van der Waals surface area contributed by atoms with Gasteiger partial charge in [0.25, 0.3) is 11.7 Å². The van der Waals surface area contributed by atoms with Crippen molar-refractivity contribution in [3.8, 4) is 0 Å². The van der Waals surface area contributed by atoms with E-state index in [1.165, 1.54) is 10.6 Å². The Bertz CT molecular complexity index is 1050. The molecule has 1 aromatic carbocycles. The molecule has 0 aliphatic carbocycles. The minimum Gasteiger partial charge on any atom is -0.376 e. The molecular formula is C20H22ClFN6O2. The maximum Gasteiger partial charge on any atom is 0.291 e.